The maximum Gasteiger partial charge on any atom is 0.273 e. The van der Waals surface area contributed by atoms with Crippen LogP contribution in [-0.4, -0.2) is 39.6 Å². The topological polar surface area (TPSA) is 61.9 Å². The molecule has 4 rings (SSSR count). The van der Waals surface area contributed by atoms with Gasteiger partial charge in [0.25, 0.3) is 5.91 Å². The van der Waals surface area contributed by atoms with Gasteiger partial charge in [0.1, 0.15) is 16.5 Å². The van der Waals surface area contributed by atoms with Crippen LogP contribution in [0.1, 0.15) is 33.7 Å². The zero-order valence-corrected chi connectivity index (χ0v) is 19.2. The van der Waals surface area contributed by atoms with Crippen molar-refractivity contribution in [3.8, 4) is 21.8 Å². The van der Waals surface area contributed by atoms with Crippen LogP contribution in [-0.2, 0) is 6.42 Å². The number of halogens is 1. The van der Waals surface area contributed by atoms with Crippen molar-refractivity contribution in [3.05, 3.63) is 82.2 Å². The number of H-pyrrole nitrogens is 1. The molecule has 0 aliphatic rings. The molecule has 0 aliphatic heterocycles. The molecule has 2 aromatic carbocycles. The van der Waals surface area contributed by atoms with E-state index in [9.17, 15) is 9.18 Å². The monoisotopic (exact) mass is 448 g/mol. The van der Waals surface area contributed by atoms with Gasteiger partial charge >= 0.3 is 0 Å². The lowest BCUT2D eigenvalue weighted by atomic mass is 10.1. The van der Waals surface area contributed by atoms with Crippen molar-refractivity contribution >= 4 is 17.2 Å². The third-order valence-corrected chi connectivity index (χ3v) is 6.27. The highest BCUT2D eigenvalue weighted by Gasteiger charge is 2.17. The first kappa shape index (κ1) is 21.9. The number of thiazole rings is 1. The Morgan fingerprint density at radius 2 is 1.91 bits per heavy atom. The van der Waals surface area contributed by atoms with Gasteiger partial charge in [-0.05, 0) is 62.6 Å². The van der Waals surface area contributed by atoms with E-state index in [1.54, 1.807) is 24.1 Å². The number of carbonyl (C=O) groups excluding carboxylic acids is 1. The van der Waals surface area contributed by atoms with E-state index in [-0.39, 0.29) is 11.7 Å². The van der Waals surface area contributed by atoms with Gasteiger partial charge in [-0.25, -0.2) is 9.37 Å². The van der Waals surface area contributed by atoms with Gasteiger partial charge in [-0.3, -0.25) is 9.89 Å². The summed E-state index contributed by atoms with van der Waals surface area (Å²) in [6.07, 6.45) is 1.55. The lowest BCUT2D eigenvalue weighted by molar-refractivity contribution is 0.0788. The van der Waals surface area contributed by atoms with E-state index >= 15 is 0 Å². The highest BCUT2D eigenvalue weighted by atomic mass is 32.1. The maximum absolute atomic E-state index is 13.1. The second-order valence-electron chi connectivity index (χ2n) is 7.97. The van der Waals surface area contributed by atoms with Crippen LogP contribution in [0.25, 0.3) is 21.8 Å². The number of carbonyl (C=O) groups is 1. The minimum Gasteiger partial charge on any atom is -0.340 e. The van der Waals surface area contributed by atoms with Crippen molar-refractivity contribution in [1.82, 2.24) is 20.1 Å². The normalized spacial score (nSPS) is 11.0. The maximum atomic E-state index is 13.1. The van der Waals surface area contributed by atoms with Gasteiger partial charge in [-0.2, -0.15) is 5.10 Å². The number of nitrogens with zero attached hydrogens (tertiary/aromatic N) is 3. The summed E-state index contributed by atoms with van der Waals surface area (Å²) in [4.78, 5) is 19.1. The molecule has 0 bridgehead atoms. The SMILES string of the molecule is Cc1ccc(-c2nc(C(=O)N(C)CCCc3cc(-c4ccc(F)cc4)n[nH]3)cs2)c(C)c1. The van der Waals surface area contributed by atoms with Gasteiger partial charge in [0.05, 0.1) is 5.69 Å². The van der Waals surface area contributed by atoms with Crippen LogP contribution in [0.4, 0.5) is 4.39 Å². The zero-order valence-electron chi connectivity index (χ0n) is 18.4. The van der Waals surface area contributed by atoms with Crippen molar-refractivity contribution in [2.24, 2.45) is 0 Å². The van der Waals surface area contributed by atoms with Crippen LogP contribution in [0.15, 0.2) is 53.9 Å². The molecule has 0 fully saturated rings. The van der Waals surface area contributed by atoms with Gasteiger partial charge < -0.3 is 4.90 Å². The molecule has 4 aromatic rings. The number of nitrogens with one attached hydrogen (secondary N) is 1. The molecule has 164 valence electrons. The summed E-state index contributed by atoms with van der Waals surface area (Å²) in [6, 6.07) is 14.5. The Balaban J connectivity index is 1.33. The fraction of sp³-hybridized carbons (Fsp3) is 0.240. The summed E-state index contributed by atoms with van der Waals surface area (Å²) < 4.78 is 13.1. The van der Waals surface area contributed by atoms with Crippen molar-refractivity contribution in [1.29, 1.82) is 0 Å². The van der Waals surface area contributed by atoms with Gasteiger partial charge in [0.15, 0.2) is 0 Å². The number of aromatic amines is 1. The van der Waals surface area contributed by atoms with Gasteiger partial charge in [-0.1, -0.05) is 23.8 Å². The molecule has 1 N–H and O–H groups in total. The molecular formula is C25H25FN4OS. The predicted octanol–water partition coefficient (Wildman–Crippen LogP) is 5.66. The molecule has 5 nitrogen and oxygen atoms in total. The third-order valence-electron chi connectivity index (χ3n) is 5.39. The number of aromatic nitrogens is 3. The summed E-state index contributed by atoms with van der Waals surface area (Å²) in [7, 11) is 1.80. The van der Waals surface area contributed by atoms with E-state index in [2.05, 4.69) is 47.2 Å². The van der Waals surface area contributed by atoms with Crippen molar-refractivity contribution in [2.75, 3.05) is 13.6 Å². The number of hydrogen-bond acceptors (Lipinski definition) is 4. The van der Waals surface area contributed by atoms with E-state index in [0.717, 1.165) is 45.9 Å². The molecule has 0 atom stereocenters. The average Bonchev–Trinajstić information content (AvgIpc) is 3.44. The first-order valence-corrected chi connectivity index (χ1v) is 11.4. The molecule has 0 saturated heterocycles. The van der Waals surface area contributed by atoms with Crippen molar-refractivity contribution < 1.29 is 9.18 Å². The molecule has 0 aliphatic carbocycles. The Morgan fingerprint density at radius 1 is 1.12 bits per heavy atom. The summed E-state index contributed by atoms with van der Waals surface area (Å²) in [5.41, 5.74) is 6.55. The average molecular weight is 449 g/mol. The van der Waals surface area contributed by atoms with E-state index in [1.165, 1.54) is 29.0 Å². The summed E-state index contributed by atoms with van der Waals surface area (Å²) in [5, 5.41) is 10.0. The molecule has 0 unspecified atom stereocenters. The Hall–Kier alpha value is -3.32. The molecule has 32 heavy (non-hydrogen) atoms. The molecule has 1 amide bonds. The van der Waals surface area contributed by atoms with E-state index < -0.39 is 0 Å². The number of aryl methyl sites for hydroxylation is 3. The highest BCUT2D eigenvalue weighted by molar-refractivity contribution is 7.13. The first-order valence-electron chi connectivity index (χ1n) is 10.5. The first-order chi connectivity index (χ1) is 15.4. The standard InChI is InChI=1S/C25H25FN4OS/c1-16-6-11-21(17(2)13-16)24-27-23(15-32-24)25(31)30(3)12-4-5-20-14-22(29-28-20)18-7-9-19(26)10-8-18/h6-11,13-15H,4-5,12H2,1-3H3,(H,28,29). The Labute approximate surface area is 191 Å². The van der Waals surface area contributed by atoms with E-state index in [0.29, 0.717) is 12.2 Å². The Kier molecular flexibility index (Phi) is 6.46. The molecule has 0 radical (unpaired) electrons. The minimum absolute atomic E-state index is 0.0751. The van der Waals surface area contributed by atoms with Gasteiger partial charge in [0.2, 0.25) is 0 Å². The van der Waals surface area contributed by atoms with Gasteiger partial charge in [0, 0.05) is 35.8 Å². The van der Waals surface area contributed by atoms with Crippen LogP contribution in [0.3, 0.4) is 0 Å². The van der Waals surface area contributed by atoms with E-state index in [1.807, 2.05) is 11.4 Å². The highest BCUT2D eigenvalue weighted by Crippen LogP contribution is 2.28. The van der Waals surface area contributed by atoms with Crippen LogP contribution in [0, 0.1) is 19.7 Å². The molecule has 2 heterocycles. The van der Waals surface area contributed by atoms with Crippen molar-refractivity contribution in [3.63, 3.8) is 0 Å². The molecular weight excluding hydrogens is 423 g/mol. The van der Waals surface area contributed by atoms with Crippen LogP contribution < -0.4 is 0 Å². The number of hydrogen-bond donors (Lipinski definition) is 1. The quantitative estimate of drug-likeness (QED) is 0.397. The summed E-state index contributed by atoms with van der Waals surface area (Å²) >= 11 is 1.50. The third kappa shape index (κ3) is 4.94. The van der Waals surface area contributed by atoms with Gasteiger partial charge in [-0.15, -0.1) is 11.3 Å². The molecule has 0 spiro atoms. The van der Waals surface area contributed by atoms with Crippen molar-refractivity contribution in [2.45, 2.75) is 26.7 Å². The fourth-order valence-electron chi connectivity index (χ4n) is 3.61. The van der Waals surface area contributed by atoms with Crippen LogP contribution in [0.5, 0.6) is 0 Å². The number of amides is 1. The largest absolute Gasteiger partial charge is 0.340 e. The lowest BCUT2D eigenvalue weighted by Crippen LogP contribution is -2.28. The minimum atomic E-state index is -0.265. The second-order valence-corrected chi connectivity index (χ2v) is 8.83. The second kappa shape index (κ2) is 9.44. The van der Waals surface area contributed by atoms with Crippen LogP contribution >= 0.6 is 11.3 Å². The predicted molar refractivity (Wildman–Crippen MR) is 126 cm³/mol. The fourth-order valence-corrected chi connectivity index (χ4v) is 4.50. The lowest BCUT2D eigenvalue weighted by Gasteiger charge is -2.15. The summed E-state index contributed by atoms with van der Waals surface area (Å²) in [6.45, 7) is 4.74. The van der Waals surface area contributed by atoms with E-state index in [4.69, 9.17) is 0 Å². The molecule has 7 heteroatoms. The molecule has 2 aromatic heterocycles. The molecule has 0 saturated carbocycles. The van der Waals surface area contributed by atoms with Crippen LogP contribution in [0.2, 0.25) is 0 Å². The Morgan fingerprint density at radius 3 is 2.66 bits per heavy atom. The number of benzene rings is 2. The number of rotatable bonds is 7. The smallest absolute Gasteiger partial charge is 0.273 e. The zero-order chi connectivity index (χ0) is 22.7. The summed E-state index contributed by atoms with van der Waals surface area (Å²) in [5.74, 6) is -0.340. The Bertz CT molecular complexity index is 1230.